The molecule has 1 aliphatic heterocycles. The van der Waals surface area contributed by atoms with Crippen molar-refractivity contribution in [3.63, 3.8) is 0 Å². The Bertz CT molecular complexity index is 630. The number of hydrogen-bond acceptors (Lipinski definition) is 3. The number of halogens is 2. The average molecular weight is 549 g/mol. The molecule has 0 bridgehead atoms. The van der Waals surface area contributed by atoms with Crippen LogP contribution in [0.3, 0.4) is 0 Å². The van der Waals surface area contributed by atoms with Crippen molar-refractivity contribution in [2.75, 3.05) is 13.2 Å². The maximum atomic E-state index is 12.2. The van der Waals surface area contributed by atoms with E-state index in [2.05, 4.69) is 44.6 Å². The summed E-state index contributed by atoms with van der Waals surface area (Å²) in [4.78, 5) is 14.0. The number of allylic oxidation sites excluding steroid dienone is 1. The van der Waals surface area contributed by atoms with Crippen LogP contribution in [0.5, 0.6) is 5.75 Å². The minimum atomic E-state index is -0.0525. The van der Waals surface area contributed by atoms with Crippen molar-refractivity contribution in [3.05, 3.63) is 34.3 Å². The normalized spacial score (nSPS) is 17.4. The molecule has 1 aromatic rings. The van der Waals surface area contributed by atoms with Crippen LogP contribution in [0.1, 0.15) is 18.9 Å². The van der Waals surface area contributed by atoms with E-state index in [1.54, 1.807) is 17.0 Å². The molecule has 0 N–H and O–H groups in total. The Labute approximate surface area is 177 Å². The van der Waals surface area contributed by atoms with Crippen LogP contribution in [0.4, 0.5) is 0 Å². The number of carbonyl (C=O) groups excluding carboxylic acids is 1. The van der Waals surface area contributed by atoms with E-state index >= 15 is 0 Å². The summed E-state index contributed by atoms with van der Waals surface area (Å²) in [5.41, 5.74) is 1.70. The predicted molar refractivity (Wildman–Crippen MR) is 91.7 cm³/mol. The SMILES string of the molecule is CCN1C(=O)C(I)C[C-]=C1c1ccc(OCC#N)cc1Br.[Y]. The zero-order valence-corrected chi connectivity index (χ0v) is 18.6. The first-order chi connectivity index (χ1) is 10.1. The standard InChI is InChI=1S/C15H13BrIN2O2.Y/c1-2-19-14(6-5-13(17)15(19)20)11-4-3-10(9-12(11)16)21-8-7-18;/h3-4,9,13H,2,5,8H2,1H3;/q-1;. The first-order valence-electron chi connectivity index (χ1n) is 6.44. The number of benzene rings is 1. The predicted octanol–water partition coefficient (Wildman–Crippen LogP) is 3.55. The van der Waals surface area contributed by atoms with Gasteiger partial charge in [-0.1, -0.05) is 49.4 Å². The second-order valence-corrected chi connectivity index (χ2v) is 6.73. The summed E-state index contributed by atoms with van der Waals surface area (Å²) in [5.74, 6) is 0.730. The van der Waals surface area contributed by atoms with Gasteiger partial charge in [-0.2, -0.15) is 5.26 Å². The summed E-state index contributed by atoms with van der Waals surface area (Å²) in [5, 5.41) is 8.53. The Morgan fingerprint density at radius 3 is 2.91 bits per heavy atom. The van der Waals surface area contributed by atoms with Crippen LogP contribution in [0.15, 0.2) is 22.7 Å². The zero-order chi connectivity index (χ0) is 15.4. The van der Waals surface area contributed by atoms with Crippen LogP contribution in [-0.2, 0) is 37.5 Å². The molecular weight excluding hydrogens is 536 g/mol. The molecule has 1 aromatic carbocycles. The molecule has 0 aliphatic carbocycles. The van der Waals surface area contributed by atoms with Gasteiger partial charge < -0.3 is 9.64 Å². The summed E-state index contributed by atoms with van der Waals surface area (Å²) >= 11 is 5.65. The number of nitriles is 1. The Morgan fingerprint density at radius 1 is 1.59 bits per heavy atom. The second-order valence-electron chi connectivity index (χ2n) is 4.37. The van der Waals surface area contributed by atoms with Crippen molar-refractivity contribution in [1.82, 2.24) is 4.90 Å². The average Bonchev–Trinajstić information content (AvgIpc) is 2.48. The minimum absolute atomic E-state index is 0. The Kier molecular flexibility index (Phi) is 8.54. The summed E-state index contributed by atoms with van der Waals surface area (Å²) in [6.07, 6.45) is 3.93. The number of hydrogen-bond donors (Lipinski definition) is 0. The van der Waals surface area contributed by atoms with Gasteiger partial charge in [0.2, 0.25) is 5.91 Å². The van der Waals surface area contributed by atoms with Crippen LogP contribution in [0.2, 0.25) is 0 Å². The summed E-state index contributed by atoms with van der Waals surface area (Å²) in [6.45, 7) is 2.57. The van der Waals surface area contributed by atoms with E-state index in [4.69, 9.17) is 10.00 Å². The van der Waals surface area contributed by atoms with Gasteiger partial charge >= 0.3 is 0 Å². The molecule has 1 amide bonds. The van der Waals surface area contributed by atoms with Gasteiger partial charge in [0.25, 0.3) is 0 Å². The first-order valence-corrected chi connectivity index (χ1v) is 8.48. The fourth-order valence-electron chi connectivity index (χ4n) is 2.10. The van der Waals surface area contributed by atoms with Crippen LogP contribution in [0.25, 0.3) is 5.70 Å². The van der Waals surface area contributed by atoms with Crippen molar-refractivity contribution in [2.45, 2.75) is 17.3 Å². The summed E-state index contributed by atoms with van der Waals surface area (Å²) < 4.78 is 6.03. The molecule has 0 saturated heterocycles. The van der Waals surface area contributed by atoms with Gasteiger partial charge in [-0.05, 0) is 19.1 Å². The zero-order valence-electron chi connectivity index (χ0n) is 12.0. The Morgan fingerprint density at radius 2 is 2.32 bits per heavy atom. The van der Waals surface area contributed by atoms with Gasteiger partial charge in [-0.3, -0.25) is 4.79 Å². The van der Waals surface area contributed by atoms with E-state index in [1.165, 1.54) is 0 Å². The Hall–Kier alpha value is 0.0339. The molecular formula is C15H13BrIN2O2Y-. The molecule has 4 nitrogen and oxygen atoms in total. The van der Waals surface area contributed by atoms with Crippen molar-refractivity contribution in [2.24, 2.45) is 0 Å². The van der Waals surface area contributed by atoms with Crippen molar-refractivity contribution < 1.29 is 42.2 Å². The molecule has 113 valence electrons. The quantitative estimate of drug-likeness (QED) is 0.329. The molecule has 0 saturated carbocycles. The van der Waals surface area contributed by atoms with Crippen LogP contribution < -0.4 is 4.74 Å². The third kappa shape index (κ3) is 4.53. The monoisotopic (exact) mass is 548 g/mol. The number of ether oxygens (including phenoxy) is 1. The van der Waals surface area contributed by atoms with E-state index in [1.807, 2.05) is 19.1 Å². The molecule has 1 radical (unpaired) electrons. The van der Waals surface area contributed by atoms with Gasteiger partial charge in [0.1, 0.15) is 11.8 Å². The molecule has 0 fully saturated rings. The minimum Gasteiger partial charge on any atom is -0.479 e. The molecule has 1 atom stereocenters. The van der Waals surface area contributed by atoms with Crippen LogP contribution >= 0.6 is 38.5 Å². The van der Waals surface area contributed by atoms with Gasteiger partial charge in [0.15, 0.2) is 6.61 Å². The van der Waals surface area contributed by atoms with Crippen molar-refractivity contribution in [1.29, 1.82) is 5.26 Å². The van der Waals surface area contributed by atoms with Gasteiger partial charge in [0.05, 0.1) is 3.92 Å². The smallest absolute Gasteiger partial charge is 0.235 e. The number of amides is 1. The van der Waals surface area contributed by atoms with E-state index in [9.17, 15) is 4.79 Å². The molecule has 1 aliphatic rings. The van der Waals surface area contributed by atoms with E-state index in [0.717, 1.165) is 15.7 Å². The number of rotatable bonds is 4. The topological polar surface area (TPSA) is 53.3 Å². The van der Waals surface area contributed by atoms with Gasteiger partial charge in [-0.25, -0.2) is 6.08 Å². The van der Waals surface area contributed by atoms with Crippen LogP contribution in [0, 0.1) is 17.4 Å². The number of carbonyl (C=O) groups is 1. The van der Waals surface area contributed by atoms with E-state index in [0.29, 0.717) is 18.7 Å². The van der Waals surface area contributed by atoms with E-state index < -0.39 is 0 Å². The fraction of sp³-hybridized carbons (Fsp3) is 0.333. The molecule has 0 aromatic heterocycles. The van der Waals surface area contributed by atoms with Gasteiger partial charge in [0, 0.05) is 39.3 Å². The molecule has 7 heteroatoms. The number of alkyl halides is 1. The molecule has 22 heavy (non-hydrogen) atoms. The fourth-order valence-corrected chi connectivity index (χ4v) is 3.20. The summed E-state index contributed by atoms with van der Waals surface area (Å²) in [6, 6.07) is 7.40. The molecule has 1 heterocycles. The second kappa shape index (κ2) is 9.36. The third-order valence-electron chi connectivity index (χ3n) is 3.07. The molecule has 1 unspecified atom stereocenters. The third-order valence-corrected chi connectivity index (χ3v) is 4.70. The maximum Gasteiger partial charge on any atom is 0.235 e. The number of nitrogens with zero attached hydrogens (tertiary/aromatic N) is 2. The van der Waals surface area contributed by atoms with Crippen molar-refractivity contribution in [3.8, 4) is 11.8 Å². The maximum absolute atomic E-state index is 12.2. The van der Waals surface area contributed by atoms with E-state index in [-0.39, 0.29) is 49.1 Å². The largest absolute Gasteiger partial charge is 0.479 e. The van der Waals surface area contributed by atoms with Gasteiger partial charge in [-0.15, -0.1) is 17.3 Å². The molecule has 2 rings (SSSR count). The first kappa shape index (κ1) is 20.1. The molecule has 0 spiro atoms. The van der Waals surface area contributed by atoms with Crippen molar-refractivity contribution >= 4 is 50.1 Å². The van der Waals surface area contributed by atoms with Crippen LogP contribution in [-0.4, -0.2) is 27.9 Å². The summed E-state index contributed by atoms with van der Waals surface area (Å²) in [7, 11) is 0. The Balaban J connectivity index is 0.00000242.